The quantitative estimate of drug-likeness (QED) is 0.340. The molecule has 0 N–H and O–H groups in total. The first kappa shape index (κ1) is 27.6. The molecule has 1 aliphatic heterocycles. The zero-order chi connectivity index (χ0) is 27.3. The second kappa shape index (κ2) is 12.0. The number of likely N-dealkylation sites (N-methyl/N-ethyl adjacent to an activating group) is 1. The van der Waals surface area contributed by atoms with Gasteiger partial charge in [0, 0.05) is 32.6 Å². The Hall–Kier alpha value is -3.38. The molecule has 1 saturated heterocycles. The van der Waals surface area contributed by atoms with Crippen molar-refractivity contribution in [2.75, 3.05) is 26.7 Å². The van der Waals surface area contributed by atoms with Crippen molar-refractivity contribution in [3.63, 3.8) is 0 Å². The van der Waals surface area contributed by atoms with E-state index in [1.807, 2.05) is 75.1 Å². The van der Waals surface area contributed by atoms with Crippen LogP contribution in [0, 0.1) is 0 Å². The van der Waals surface area contributed by atoms with Gasteiger partial charge in [-0.25, -0.2) is 4.79 Å². The number of fused-ring (bicyclic) bond motifs is 1. The number of rotatable bonds is 8. The molecule has 0 bridgehead atoms. The second-order valence-corrected chi connectivity index (χ2v) is 11.2. The van der Waals surface area contributed by atoms with Crippen LogP contribution in [0.25, 0.3) is 10.8 Å². The summed E-state index contributed by atoms with van der Waals surface area (Å²) in [6, 6.07) is 24.6. The van der Waals surface area contributed by atoms with E-state index in [1.165, 1.54) is 0 Å². The molecule has 1 aliphatic rings. The first-order valence-electron chi connectivity index (χ1n) is 13.5. The lowest BCUT2D eigenvalue weighted by molar-refractivity contribution is -0.146. The second-order valence-electron chi connectivity index (χ2n) is 11.2. The minimum atomic E-state index is -0.618. The third-order valence-electron chi connectivity index (χ3n) is 6.99. The van der Waals surface area contributed by atoms with E-state index in [9.17, 15) is 9.59 Å². The van der Waals surface area contributed by atoms with E-state index in [4.69, 9.17) is 9.47 Å². The van der Waals surface area contributed by atoms with Gasteiger partial charge < -0.3 is 19.3 Å². The van der Waals surface area contributed by atoms with Gasteiger partial charge in [-0.05, 0) is 62.4 Å². The third-order valence-corrected chi connectivity index (χ3v) is 6.99. The lowest BCUT2D eigenvalue weighted by Gasteiger charge is -2.34. The molecule has 3 aromatic carbocycles. The fraction of sp³-hybridized carbons (Fsp3) is 0.438. The van der Waals surface area contributed by atoms with Gasteiger partial charge in [0.1, 0.15) is 11.7 Å². The van der Waals surface area contributed by atoms with Gasteiger partial charge in [-0.1, -0.05) is 72.8 Å². The maximum atomic E-state index is 13.2. The highest BCUT2D eigenvalue weighted by molar-refractivity contribution is 5.83. The smallest absolute Gasteiger partial charge is 0.410 e. The van der Waals surface area contributed by atoms with Crippen molar-refractivity contribution in [2.45, 2.75) is 64.3 Å². The summed E-state index contributed by atoms with van der Waals surface area (Å²) in [5, 5.41) is 2.26. The van der Waals surface area contributed by atoms with E-state index >= 15 is 0 Å². The minimum Gasteiger partial charge on any atom is -0.444 e. The Bertz CT molecular complexity index is 1230. The molecule has 0 saturated carbocycles. The summed E-state index contributed by atoms with van der Waals surface area (Å²) in [5.41, 5.74) is 1.40. The molecule has 4 rings (SSSR count). The highest BCUT2D eigenvalue weighted by atomic mass is 16.6. The molecule has 1 fully saturated rings. The summed E-state index contributed by atoms with van der Waals surface area (Å²) in [6.45, 7) is 9.34. The summed E-state index contributed by atoms with van der Waals surface area (Å²) < 4.78 is 12.3. The highest BCUT2D eigenvalue weighted by Crippen LogP contribution is 2.37. The van der Waals surface area contributed by atoms with Crippen molar-refractivity contribution in [1.29, 1.82) is 0 Å². The van der Waals surface area contributed by atoms with Gasteiger partial charge in [0.25, 0.3) is 5.91 Å². The van der Waals surface area contributed by atoms with Crippen LogP contribution in [0.2, 0.25) is 0 Å². The molecule has 38 heavy (non-hydrogen) atoms. The number of hydrogen-bond acceptors (Lipinski definition) is 4. The first-order valence-corrected chi connectivity index (χ1v) is 13.5. The van der Waals surface area contributed by atoms with Crippen molar-refractivity contribution in [2.24, 2.45) is 0 Å². The van der Waals surface area contributed by atoms with Crippen molar-refractivity contribution >= 4 is 22.8 Å². The number of likely N-dealkylation sites (tertiary alicyclic amines) is 1. The summed E-state index contributed by atoms with van der Waals surface area (Å²) in [7, 11) is 1.75. The predicted octanol–water partition coefficient (Wildman–Crippen LogP) is 6.56. The zero-order valence-electron chi connectivity index (χ0n) is 23.2. The largest absolute Gasteiger partial charge is 0.444 e. The van der Waals surface area contributed by atoms with Crippen LogP contribution in [0.1, 0.15) is 63.7 Å². The van der Waals surface area contributed by atoms with Crippen LogP contribution < -0.4 is 0 Å². The molecular formula is C32H40N2O4. The molecular weight excluding hydrogens is 476 g/mol. The number of amides is 2. The van der Waals surface area contributed by atoms with E-state index in [0.717, 1.165) is 47.8 Å². The third kappa shape index (κ3) is 6.93. The molecule has 202 valence electrons. The summed E-state index contributed by atoms with van der Waals surface area (Å²) in [4.78, 5) is 29.8. The monoisotopic (exact) mass is 516 g/mol. The Morgan fingerprint density at radius 1 is 0.895 bits per heavy atom. The SMILES string of the molecule is C[C@H](O[C@H](c1ccccc1)[C@@H](CN(C)C(=O)OC(C)(C)C)c1ccc2ccccc2c1)C(=O)N1CCCC1. The predicted molar refractivity (Wildman–Crippen MR) is 151 cm³/mol. The van der Waals surface area contributed by atoms with Gasteiger partial charge in [-0.3, -0.25) is 4.79 Å². The highest BCUT2D eigenvalue weighted by Gasteiger charge is 2.34. The van der Waals surface area contributed by atoms with Crippen molar-refractivity contribution in [1.82, 2.24) is 9.80 Å². The molecule has 0 spiro atoms. The van der Waals surface area contributed by atoms with Crippen LogP contribution in [-0.2, 0) is 14.3 Å². The van der Waals surface area contributed by atoms with Gasteiger partial charge in [-0.15, -0.1) is 0 Å². The Morgan fingerprint density at radius 2 is 1.53 bits per heavy atom. The molecule has 3 aromatic rings. The van der Waals surface area contributed by atoms with Gasteiger partial charge in [-0.2, -0.15) is 0 Å². The van der Waals surface area contributed by atoms with Crippen LogP contribution in [-0.4, -0.2) is 60.2 Å². The van der Waals surface area contributed by atoms with E-state index in [1.54, 1.807) is 11.9 Å². The van der Waals surface area contributed by atoms with Crippen molar-refractivity contribution < 1.29 is 19.1 Å². The molecule has 2 amide bonds. The van der Waals surface area contributed by atoms with E-state index in [-0.39, 0.29) is 11.8 Å². The number of hydrogen-bond donors (Lipinski definition) is 0. The van der Waals surface area contributed by atoms with Crippen LogP contribution in [0.5, 0.6) is 0 Å². The Balaban J connectivity index is 1.72. The van der Waals surface area contributed by atoms with E-state index < -0.39 is 23.9 Å². The number of benzene rings is 3. The number of ether oxygens (including phenoxy) is 2. The van der Waals surface area contributed by atoms with Crippen LogP contribution in [0.15, 0.2) is 72.8 Å². The lowest BCUT2D eigenvalue weighted by atomic mass is 9.87. The van der Waals surface area contributed by atoms with Gasteiger partial charge in [0.05, 0.1) is 6.10 Å². The maximum Gasteiger partial charge on any atom is 0.410 e. The number of carbonyl (C=O) groups is 2. The van der Waals surface area contributed by atoms with Crippen LogP contribution in [0.4, 0.5) is 4.79 Å². The van der Waals surface area contributed by atoms with Gasteiger partial charge in [0.2, 0.25) is 0 Å². The average molecular weight is 517 g/mol. The molecule has 1 heterocycles. The standard InChI is InChI=1S/C32H40N2O4/c1-23(30(35)34-19-11-12-20-34)37-29(25-14-7-6-8-15-25)28(22-33(5)31(36)38-32(2,3)4)27-18-17-24-13-9-10-16-26(24)21-27/h6-10,13-18,21,23,28-29H,11-12,19-20,22H2,1-5H3/t23-,28-,29+/m0/s1. The van der Waals surface area contributed by atoms with Crippen LogP contribution in [0.3, 0.4) is 0 Å². The average Bonchev–Trinajstić information content (AvgIpc) is 3.44. The van der Waals surface area contributed by atoms with Crippen molar-refractivity contribution in [3.8, 4) is 0 Å². The maximum absolute atomic E-state index is 13.2. The molecule has 0 aliphatic carbocycles. The normalized spacial score (nSPS) is 16.2. The van der Waals surface area contributed by atoms with E-state index in [0.29, 0.717) is 6.54 Å². The fourth-order valence-corrected chi connectivity index (χ4v) is 5.04. The topological polar surface area (TPSA) is 59.1 Å². The van der Waals surface area contributed by atoms with Gasteiger partial charge in [0.15, 0.2) is 0 Å². The molecule has 3 atom stereocenters. The Kier molecular flexibility index (Phi) is 8.72. The van der Waals surface area contributed by atoms with E-state index in [2.05, 4.69) is 30.3 Å². The molecule has 0 aromatic heterocycles. The van der Waals surface area contributed by atoms with Gasteiger partial charge >= 0.3 is 6.09 Å². The molecule has 0 radical (unpaired) electrons. The molecule has 0 unspecified atom stereocenters. The summed E-state index contributed by atoms with van der Waals surface area (Å²) in [6.07, 6.45) is 0.593. The van der Waals surface area contributed by atoms with Crippen molar-refractivity contribution in [3.05, 3.63) is 83.9 Å². The van der Waals surface area contributed by atoms with Crippen LogP contribution >= 0.6 is 0 Å². The lowest BCUT2D eigenvalue weighted by Crippen LogP contribution is -2.40. The first-order chi connectivity index (χ1) is 18.1. The number of nitrogens with zero attached hydrogens (tertiary/aromatic N) is 2. The summed E-state index contributed by atoms with van der Waals surface area (Å²) in [5.74, 6) is -0.227. The summed E-state index contributed by atoms with van der Waals surface area (Å²) >= 11 is 0. The Labute approximate surface area is 226 Å². The minimum absolute atomic E-state index is 0.0150. The Morgan fingerprint density at radius 3 is 2.18 bits per heavy atom. The zero-order valence-corrected chi connectivity index (χ0v) is 23.2. The fourth-order valence-electron chi connectivity index (χ4n) is 5.04. The number of carbonyl (C=O) groups excluding carboxylic acids is 2. The molecule has 6 nitrogen and oxygen atoms in total. The molecule has 6 heteroatoms.